The molecule has 4 rings (SSSR count). The lowest BCUT2D eigenvalue weighted by molar-refractivity contribution is 0.0955. The summed E-state index contributed by atoms with van der Waals surface area (Å²) in [6, 6.07) is 21.0. The van der Waals surface area contributed by atoms with E-state index in [2.05, 4.69) is 68.4 Å². The fraction of sp³-hybridized carbons (Fsp3) is 0.0741. The van der Waals surface area contributed by atoms with Gasteiger partial charge in [0.05, 0.1) is 15.5 Å². The Hall–Kier alpha value is -3.68. The number of halogens is 1. The van der Waals surface area contributed by atoms with Gasteiger partial charge in [-0.25, -0.2) is 10.4 Å². The van der Waals surface area contributed by atoms with Crippen LogP contribution in [0.4, 0.5) is 10.8 Å². The minimum atomic E-state index is -0.295. The van der Waals surface area contributed by atoms with E-state index in [1.165, 1.54) is 16.9 Å². The van der Waals surface area contributed by atoms with Gasteiger partial charge in [-0.1, -0.05) is 35.7 Å². The van der Waals surface area contributed by atoms with Crippen molar-refractivity contribution in [3.8, 4) is 29.4 Å². The SMILES string of the molecule is C#CCOc1ccc(/C=N\NC(=O)c2ccc(-c3csc(Nc4ccc(C)cc4)n3)cc2)cc1I. The first kappa shape index (κ1) is 24.4. The molecular formula is C27H21IN4O2S. The summed E-state index contributed by atoms with van der Waals surface area (Å²) >= 11 is 3.70. The molecule has 35 heavy (non-hydrogen) atoms. The fourth-order valence-corrected chi connectivity index (χ4v) is 4.52. The Morgan fingerprint density at radius 1 is 1.17 bits per heavy atom. The molecule has 6 nitrogen and oxygen atoms in total. The third-order valence-corrected chi connectivity index (χ3v) is 6.50. The summed E-state index contributed by atoms with van der Waals surface area (Å²) in [6.45, 7) is 2.27. The van der Waals surface area contributed by atoms with Crippen molar-refractivity contribution in [1.29, 1.82) is 0 Å². The van der Waals surface area contributed by atoms with E-state index in [1.807, 2.05) is 47.8 Å². The number of hydrogen-bond acceptors (Lipinski definition) is 6. The molecular weight excluding hydrogens is 571 g/mol. The highest BCUT2D eigenvalue weighted by atomic mass is 127. The molecule has 2 N–H and O–H groups in total. The molecule has 8 heteroatoms. The van der Waals surface area contributed by atoms with Crippen LogP contribution in [0.25, 0.3) is 11.3 Å². The minimum absolute atomic E-state index is 0.215. The molecule has 0 atom stereocenters. The Morgan fingerprint density at radius 3 is 2.66 bits per heavy atom. The van der Waals surface area contributed by atoms with Crippen molar-refractivity contribution in [2.45, 2.75) is 6.92 Å². The van der Waals surface area contributed by atoms with Crippen LogP contribution in [0.5, 0.6) is 5.75 Å². The predicted molar refractivity (Wildman–Crippen MR) is 151 cm³/mol. The average molecular weight is 592 g/mol. The predicted octanol–water partition coefficient (Wildman–Crippen LogP) is 6.24. The first-order valence-electron chi connectivity index (χ1n) is 10.6. The van der Waals surface area contributed by atoms with Gasteiger partial charge in [0.1, 0.15) is 12.4 Å². The van der Waals surface area contributed by atoms with Crippen molar-refractivity contribution >= 4 is 56.9 Å². The van der Waals surface area contributed by atoms with Gasteiger partial charge >= 0.3 is 0 Å². The number of ether oxygens (including phenoxy) is 1. The summed E-state index contributed by atoms with van der Waals surface area (Å²) in [4.78, 5) is 17.1. The molecule has 0 bridgehead atoms. The van der Waals surface area contributed by atoms with Gasteiger partial charge in [-0.15, -0.1) is 17.8 Å². The second kappa shape index (κ2) is 11.6. The van der Waals surface area contributed by atoms with Crippen molar-refractivity contribution in [3.05, 3.63) is 92.4 Å². The molecule has 174 valence electrons. The van der Waals surface area contributed by atoms with E-state index in [0.717, 1.165) is 31.2 Å². The molecule has 4 aromatic rings. The van der Waals surface area contributed by atoms with E-state index in [9.17, 15) is 4.79 Å². The summed E-state index contributed by atoms with van der Waals surface area (Å²) in [6.07, 6.45) is 6.80. The maximum atomic E-state index is 12.5. The molecule has 0 radical (unpaired) electrons. The number of amides is 1. The zero-order chi connectivity index (χ0) is 24.6. The quantitative estimate of drug-likeness (QED) is 0.110. The standard InChI is InChI=1S/C27H21IN4O2S/c1-3-14-34-25-13-6-19(15-23(25)28)16-29-32-26(33)21-9-7-20(8-10-21)24-17-35-27(31-24)30-22-11-4-18(2)5-12-22/h1,4-13,15-17H,14H2,2H3,(H,30,31)(H,32,33)/b29-16-. The number of thiazole rings is 1. The molecule has 0 unspecified atom stereocenters. The minimum Gasteiger partial charge on any atom is -0.480 e. The van der Waals surface area contributed by atoms with Crippen LogP contribution in [0.3, 0.4) is 0 Å². The molecule has 0 aliphatic carbocycles. The van der Waals surface area contributed by atoms with Gasteiger partial charge in [0, 0.05) is 22.2 Å². The van der Waals surface area contributed by atoms with Crippen LogP contribution in [-0.2, 0) is 0 Å². The van der Waals surface area contributed by atoms with Crippen molar-refractivity contribution in [2.75, 3.05) is 11.9 Å². The maximum absolute atomic E-state index is 12.5. The fourth-order valence-electron chi connectivity index (χ4n) is 3.08. The van der Waals surface area contributed by atoms with Crippen LogP contribution in [0, 0.1) is 22.8 Å². The first-order valence-corrected chi connectivity index (χ1v) is 12.6. The molecule has 0 aliphatic rings. The zero-order valence-electron chi connectivity index (χ0n) is 18.8. The molecule has 3 aromatic carbocycles. The molecule has 1 amide bonds. The Kier molecular flexibility index (Phi) is 8.13. The maximum Gasteiger partial charge on any atom is 0.271 e. The zero-order valence-corrected chi connectivity index (χ0v) is 21.8. The summed E-state index contributed by atoms with van der Waals surface area (Å²) in [5.74, 6) is 2.86. The lowest BCUT2D eigenvalue weighted by atomic mass is 10.1. The molecule has 1 heterocycles. The van der Waals surface area contributed by atoms with E-state index in [1.54, 1.807) is 18.3 Å². The van der Waals surface area contributed by atoms with Gasteiger partial charge in [0.15, 0.2) is 5.13 Å². The monoisotopic (exact) mass is 592 g/mol. The highest BCUT2D eigenvalue weighted by molar-refractivity contribution is 14.1. The van der Waals surface area contributed by atoms with Crippen LogP contribution < -0.4 is 15.5 Å². The number of rotatable bonds is 8. The summed E-state index contributed by atoms with van der Waals surface area (Å²) in [5.41, 5.74) is 7.87. The van der Waals surface area contributed by atoms with Crippen molar-refractivity contribution in [3.63, 3.8) is 0 Å². The Balaban J connectivity index is 1.34. The van der Waals surface area contributed by atoms with Crippen molar-refractivity contribution in [2.24, 2.45) is 5.10 Å². The van der Waals surface area contributed by atoms with Crippen LogP contribution in [0.2, 0.25) is 0 Å². The third kappa shape index (κ3) is 6.68. The average Bonchev–Trinajstić information content (AvgIpc) is 3.33. The number of nitrogens with one attached hydrogen (secondary N) is 2. The number of aromatic nitrogens is 1. The van der Waals surface area contributed by atoms with E-state index in [-0.39, 0.29) is 12.5 Å². The number of hydrazone groups is 1. The van der Waals surface area contributed by atoms with E-state index in [0.29, 0.717) is 11.3 Å². The summed E-state index contributed by atoms with van der Waals surface area (Å²) < 4.78 is 6.36. The van der Waals surface area contributed by atoms with Gasteiger partial charge in [-0.2, -0.15) is 5.10 Å². The number of benzene rings is 3. The summed E-state index contributed by atoms with van der Waals surface area (Å²) in [5, 5.41) is 10.2. The van der Waals surface area contributed by atoms with Gasteiger partial charge in [0.2, 0.25) is 0 Å². The normalized spacial score (nSPS) is 10.7. The largest absolute Gasteiger partial charge is 0.480 e. The number of aryl methyl sites for hydroxylation is 1. The smallest absolute Gasteiger partial charge is 0.271 e. The number of carbonyl (C=O) groups is 1. The molecule has 0 saturated heterocycles. The van der Waals surface area contributed by atoms with Crippen LogP contribution in [-0.4, -0.2) is 23.7 Å². The van der Waals surface area contributed by atoms with E-state index in [4.69, 9.17) is 11.2 Å². The second-order valence-corrected chi connectivity index (χ2v) is 9.51. The van der Waals surface area contributed by atoms with Crippen LogP contribution >= 0.6 is 33.9 Å². The third-order valence-electron chi connectivity index (χ3n) is 4.90. The number of nitrogens with zero attached hydrogens (tertiary/aromatic N) is 2. The van der Waals surface area contributed by atoms with Crippen LogP contribution in [0.1, 0.15) is 21.5 Å². The Morgan fingerprint density at radius 2 is 1.94 bits per heavy atom. The number of hydrogen-bond donors (Lipinski definition) is 2. The molecule has 0 saturated carbocycles. The van der Waals surface area contributed by atoms with Gasteiger partial charge < -0.3 is 10.1 Å². The van der Waals surface area contributed by atoms with Gasteiger partial charge in [-0.05, 0) is 77.5 Å². The second-order valence-electron chi connectivity index (χ2n) is 7.49. The van der Waals surface area contributed by atoms with E-state index >= 15 is 0 Å². The van der Waals surface area contributed by atoms with E-state index < -0.39 is 0 Å². The Bertz CT molecular complexity index is 1390. The van der Waals surface area contributed by atoms with Gasteiger partial charge in [-0.3, -0.25) is 4.79 Å². The Labute approximate surface area is 221 Å². The molecule has 0 fully saturated rings. The van der Waals surface area contributed by atoms with Crippen molar-refractivity contribution in [1.82, 2.24) is 10.4 Å². The highest BCUT2D eigenvalue weighted by Gasteiger charge is 2.08. The highest BCUT2D eigenvalue weighted by Crippen LogP contribution is 2.27. The lowest BCUT2D eigenvalue weighted by Crippen LogP contribution is -2.17. The summed E-state index contributed by atoms with van der Waals surface area (Å²) in [7, 11) is 0. The molecule has 0 aliphatic heterocycles. The van der Waals surface area contributed by atoms with Crippen molar-refractivity contribution < 1.29 is 9.53 Å². The molecule has 1 aromatic heterocycles. The van der Waals surface area contributed by atoms with Crippen LogP contribution in [0.15, 0.2) is 77.2 Å². The lowest BCUT2D eigenvalue weighted by Gasteiger charge is -2.05. The van der Waals surface area contributed by atoms with Gasteiger partial charge in [0.25, 0.3) is 5.91 Å². The number of terminal acetylenes is 1. The number of carbonyl (C=O) groups excluding carboxylic acids is 1. The first-order chi connectivity index (χ1) is 17.0. The topological polar surface area (TPSA) is 75.6 Å². The molecule has 0 spiro atoms. The number of anilines is 2.